The van der Waals surface area contributed by atoms with Crippen LogP contribution in [0.1, 0.15) is 50.0 Å². The topological polar surface area (TPSA) is 74.7 Å². The molecule has 1 N–H and O–H groups in total. The van der Waals surface area contributed by atoms with Crippen LogP contribution in [0.3, 0.4) is 0 Å². The number of rotatable bonds is 7. The minimum absolute atomic E-state index is 0.0324. The summed E-state index contributed by atoms with van der Waals surface area (Å²) in [4.78, 5) is 44.9. The minimum atomic E-state index is -0.492. The van der Waals surface area contributed by atoms with Crippen molar-refractivity contribution >= 4 is 23.2 Å². The first-order chi connectivity index (χ1) is 16.6. The van der Waals surface area contributed by atoms with Gasteiger partial charge in [-0.2, -0.15) is 0 Å². The van der Waals surface area contributed by atoms with Gasteiger partial charge in [-0.3, -0.25) is 19.3 Å². The molecule has 34 heavy (non-hydrogen) atoms. The average Bonchev–Trinajstić information content (AvgIpc) is 3.60. The summed E-state index contributed by atoms with van der Waals surface area (Å²) in [6, 6.07) is 14.0. The van der Waals surface area contributed by atoms with E-state index in [0.29, 0.717) is 19.6 Å². The molecule has 7 nitrogen and oxygen atoms in total. The van der Waals surface area contributed by atoms with Crippen LogP contribution >= 0.6 is 11.3 Å². The van der Waals surface area contributed by atoms with Gasteiger partial charge in [-0.1, -0.05) is 36.4 Å². The monoisotopic (exact) mass is 476 g/mol. The molecule has 1 aliphatic carbocycles. The predicted octanol–water partition coefficient (Wildman–Crippen LogP) is 3.13. The summed E-state index contributed by atoms with van der Waals surface area (Å²) in [5.41, 5.74) is 0.579. The third-order valence-electron chi connectivity index (χ3n) is 6.40. The largest absolute Gasteiger partial charge is 0.349 e. The molecule has 5 rings (SSSR count). The maximum absolute atomic E-state index is 13.4. The van der Waals surface area contributed by atoms with Crippen molar-refractivity contribution in [2.75, 3.05) is 26.2 Å². The molecule has 1 saturated heterocycles. The van der Waals surface area contributed by atoms with Gasteiger partial charge in [0.15, 0.2) is 0 Å². The van der Waals surface area contributed by atoms with Gasteiger partial charge in [0.1, 0.15) is 11.1 Å². The first-order valence-electron chi connectivity index (χ1n) is 11.7. The number of nitrogens with zero attached hydrogens (tertiary/aromatic N) is 3. The zero-order valence-electron chi connectivity index (χ0n) is 19.0. The second-order valence-electron chi connectivity index (χ2n) is 8.91. The molecular formula is C26H28N4O3S. The Morgan fingerprint density at radius 2 is 1.68 bits per heavy atom. The van der Waals surface area contributed by atoms with Gasteiger partial charge >= 0.3 is 0 Å². The highest BCUT2D eigenvalue weighted by atomic mass is 32.1. The standard InChI is InChI=1S/C26H28N4O3S/c31-24-22(25(32)27-15-19-5-2-1-3-6-19)17-30(20-8-9-20)18-23(24)26(33)29-12-10-28(11-13-29)16-21-7-4-14-34-21/h1-7,14,17-18,20H,8-13,15-16H2,(H,27,32). The Bertz CT molecular complexity index is 1210. The fourth-order valence-corrected chi connectivity index (χ4v) is 5.02. The van der Waals surface area contributed by atoms with Crippen LogP contribution in [-0.2, 0) is 13.1 Å². The summed E-state index contributed by atoms with van der Waals surface area (Å²) < 4.78 is 1.87. The molecular weight excluding hydrogens is 448 g/mol. The molecule has 1 saturated carbocycles. The lowest BCUT2D eigenvalue weighted by molar-refractivity contribution is 0.0627. The van der Waals surface area contributed by atoms with Gasteiger partial charge in [-0.15, -0.1) is 11.3 Å². The number of benzene rings is 1. The van der Waals surface area contributed by atoms with Crippen molar-refractivity contribution in [3.8, 4) is 0 Å². The van der Waals surface area contributed by atoms with Crippen molar-refractivity contribution in [3.63, 3.8) is 0 Å². The van der Waals surface area contributed by atoms with E-state index < -0.39 is 11.3 Å². The summed E-state index contributed by atoms with van der Waals surface area (Å²) in [5, 5.41) is 4.90. The Labute approximate surface area is 202 Å². The van der Waals surface area contributed by atoms with Crippen LogP contribution in [0.4, 0.5) is 0 Å². The van der Waals surface area contributed by atoms with E-state index in [4.69, 9.17) is 0 Å². The average molecular weight is 477 g/mol. The molecule has 0 atom stereocenters. The predicted molar refractivity (Wildman–Crippen MR) is 132 cm³/mol. The first-order valence-corrected chi connectivity index (χ1v) is 12.6. The quantitative estimate of drug-likeness (QED) is 0.569. The summed E-state index contributed by atoms with van der Waals surface area (Å²) in [5.74, 6) is -0.730. The van der Waals surface area contributed by atoms with Gasteiger partial charge in [0.2, 0.25) is 5.43 Å². The summed E-state index contributed by atoms with van der Waals surface area (Å²) in [6.45, 7) is 3.86. The zero-order valence-corrected chi connectivity index (χ0v) is 19.8. The van der Waals surface area contributed by atoms with E-state index in [1.807, 2.05) is 41.0 Å². The number of piperazine rings is 1. The second-order valence-corrected chi connectivity index (χ2v) is 9.94. The number of nitrogens with one attached hydrogen (secondary N) is 1. The molecule has 0 radical (unpaired) electrons. The number of pyridine rings is 1. The van der Waals surface area contributed by atoms with Crippen molar-refractivity contribution in [1.82, 2.24) is 19.7 Å². The molecule has 3 aromatic rings. The maximum atomic E-state index is 13.4. The summed E-state index contributed by atoms with van der Waals surface area (Å²) in [7, 11) is 0. The van der Waals surface area contributed by atoms with Crippen molar-refractivity contribution in [3.05, 3.63) is 92.0 Å². The number of hydrogen-bond acceptors (Lipinski definition) is 5. The van der Waals surface area contributed by atoms with Crippen LogP contribution in [0.5, 0.6) is 0 Å². The molecule has 176 valence electrons. The number of amides is 2. The Kier molecular flexibility index (Phi) is 6.60. The molecule has 3 heterocycles. The first kappa shape index (κ1) is 22.6. The van der Waals surface area contributed by atoms with E-state index in [2.05, 4.69) is 21.7 Å². The van der Waals surface area contributed by atoms with Gasteiger partial charge in [0, 0.05) is 62.6 Å². The van der Waals surface area contributed by atoms with E-state index in [0.717, 1.165) is 38.0 Å². The lowest BCUT2D eigenvalue weighted by atomic mass is 10.1. The Hall–Kier alpha value is -3.23. The van der Waals surface area contributed by atoms with Crippen molar-refractivity contribution < 1.29 is 9.59 Å². The van der Waals surface area contributed by atoms with E-state index in [-0.39, 0.29) is 23.1 Å². The number of thiophene rings is 1. The fourth-order valence-electron chi connectivity index (χ4n) is 4.27. The number of carbonyl (C=O) groups is 2. The highest BCUT2D eigenvalue weighted by Gasteiger charge is 2.30. The molecule has 8 heteroatoms. The van der Waals surface area contributed by atoms with Crippen LogP contribution in [0.15, 0.2) is 65.0 Å². The molecule has 2 amide bonds. The van der Waals surface area contributed by atoms with E-state index in [1.165, 1.54) is 4.88 Å². The normalized spacial score (nSPS) is 16.4. The van der Waals surface area contributed by atoms with Crippen molar-refractivity contribution in [2.45, 2.75) is 32.0 Å². The van der Waals surface area contributed by atoms with E-state index in [1.54, 1.807) is 28.6 Å². The Morgan fingerprint density at radius 1 is 0.941 bits per heavy atom. The van der Waals surface area contributed by atoms with Crippen LogP contribution in [0, 0.1) is 0 Å². The lowest BCUT2D eigenvalue weighted by Gasteiger charge is -2.34. The SMILES string of the molecule is O=C(NCc1ccccc1)c1cn(C2CC2)cc(C(=O)N2CCN(Cc3cccs3)CC2)c1=O. The molecule has 0 spiro atoms. The van der Waals surface area contributed by atoms with Crippen molar-refractivity contribution in [2.24, 2.45) is 0 Å². The Morgan fingerprint density at radius 3 is 2.35 bits per heavy atom. The van der Waals surface area contributed by atoms with Gasteiger partial charge in [0.25, 0.3) is 11.8 Å². The van der Waals surface area contributed by atoms with Gasteiger partial charge < -0.3 is 14.8 Å². The van der Waals surface area contributed by atoms with Crippen molar-refractivity contribution in [1.29, 1.82) is 0 Å². The highest BCUT2D eigenvalue weighted by Crippen LogP contribution is 2.34. The lowest BCUT2D eigenvalue weighted by Crippen LogP contribution is -2.49. The molecule has 2 aliphatic rings. The third kappa shape index (κ3) is 5.13. The summed E-state index contributed by atoms with van der Waals surface area (Å²) in [6.07, 6.45) is 5.23. The molecule has 2 aromatic heterocycles. The summed E-state index contributed by atoms with van der Waals surface area (Å²) >= 11 is 1.74. The highest BCUT2D eigenvalue weighted by molar-refractivity contribution is 7.09. The minimum Gasteiger partial charge on any atom is -0.349 e. The van der Waals surface area contributed by atoms with Crippen LogP contribution in [0.2, 0.25) is 0 Å². The molecule has 1 aliphatic heterocycles. The van der Waals surface area contributed by atoms with E-state index in [9.17, 15) is 14.4 Å². The molecule has 2 fully saturated rings. The second kappa shape index (κ2) is 9.95. The van der Waals surface area contributed by atoms with E-state index >= 15 is 0 Å². The molecule has 1 aromatic carbocycles. The van der Waals surface area contributed by atoms with Crippen LogP contribution < -0.4 is 10.7 Å². The van der Waals surface area contributed by atoms with Gasteiger partial charge in [-0.05, 0) is 29.9 Å². The Balaban J connectivity index is 1.31. The fraction of sp³-hybridized carbons (Fsp3) is 0.346. The molecule has 0 unspecified atom stereocenters. The van der Waals surface area contributed by atoms with Crippen LogP contribution in [0.25, 0.3) is 0 Å². The van der Waals surface area contributed by atoms with Crippen LogP contribution in [-0.4, -0.2) is 52.4 Å². The number of carbonyl (C=O) groups excluding carboxylic acids is 2. The third-order valence-corrected chi connectivity index (χ3v) is 7.27. The number of hydrogen-bond donors (Lipinski definition) is 1. The van der Waals surface area contributed by atoms with Gasteiger partial charge in [-0.25, -0.2) is 0 Å². The molecule has 0 bridgehead atoms. The smallest absolute Gasteiger partial charge is 0.259 e. The number of aromatic nitrogens is 1. The zero-order chi connectivity index (χ0) is 23.5. The van der Waals surface area contributed by atoms with Gasteiger partial charge in [0.05, 0.1) is 0 Å². The maximum Gasteiger partial charge on any atom is 0.259 e.